The monoisotopic (exact) mass is 408 g/mol. The van der Waals surface area contributed by atoms with E-state index in [0.717, 1.165) is 27.1 Å². The van der Waals surface area contributed by atoms with E-state index in [2.05, 4.69) is 39.4 Å². The van der Waals surface area contributed by atoms with Crippen molar-refractivity contribution in [1.29, 1.82) is 0 Å². The Labute approximate surface area is 155 Å². The van der Waals surface area contributed by atoms with Crippen LogP contribution in [0.2, 0.25) is 0 Å². The SMILES string of the molecule is CCc1ccc(OCCCC(=O)N/N=C/c2sccc2C)c(Br)c1. The molecule has 128 valence electrons. The number of rotatable bonds is 8. The van der Waals surface area contributed by atoms with Crippen molar-refractivity contribution in [3.63, 3.8) is 0 Å². The minimum atomic E-state index is -0.107. The quantitative estimate of drug-likeness (QED) is 0.391. The van der Waals surface area contributed by atoms with Crippen LogP contribution in [-0.4, -0.2) is 18.7 Å². The summed E-state index contributed by atoms with van der Waals surface area (Å²) < 4.78 is 6.65. The first-order chi connectivity index (χ1) is 11.6. The van der Waals surface area contributed by atoms with E-state index in [9.17, 15) is 4.79 Å². The Hall–Kier alpha value is -1.66. The third kappa shape index (κ3) is 5.76. The molecular formula is C18H21BrN2O2S. The minimum Gasteiger partial charge on any atom is -0.492 e. The molecule has 2 aromatic rings. The molecule has 1 N–H and O–H groups in total. The van der Waals surface area contributed by atoms with Gasteiger partial charge >= 0.3 is 0 Å². The average Bonchev–Trinajstić information content (AvgIpc) is 2.98. The summed E-state index contributed by atoms with van der Waals surface area (Å²) in [6, 6.07) is 8.09. The van der Waals surface area contributed by atoms with Crippen LogP contribution in [0.3, 0.4) is 0 Å². The number of ether oxygens (including phenoxy) is 1. The van der Waals surface area contributed by atoms with Crippen LogP contribution in [0, 0.1) is 6.92 Å². The maximum atomic E-state index is 11.7. The molecule has 1 aromatic heterocycles. The summed E-state index contributed by atoms with van der Waals surface area (Å²) in [5.74, 6) is 0.697. The zero-order chi connectivity index (χ0) is 17.4. The van der Waals surface area contributed by atoms with Gasteiger partial charge in [0.15, 0.2) is 0 Å². The van der Waals surface area contributed by atoms with Gasteiger partial charge in [-0.15, -0.1) is 11.3 Å². The van der Waals surface area contributed by atoms with E-state index < -0.39 is 0 Å². The van der Waals surface area contributed by atoms with Gasteiger partial charge < -0.3 is 4.74 Å². The number of benzene rings is 1. The van der Waals surface area contributed by atoms with Gasteiger partial charge in [0.2, 0.25) is 5.91 Å². The molecule has 0 fully saturated rings. The summed E-state index contributed by atoms with van der Waals surface area (Å²) in [6.07, 6.45) is 3.69. The number of hydrogen-bond acceptors (Lipinski definition) is 4. The van der Waals surface area contributed by atoms with Crippen molar-refractivity contribution in [3.05, 3.63) is 50.1 Å². The predicted octanol–water partition coefficient (Wildman–Crippen LogP) is 4.69. The summed E-state index contributed by atoms with van der Waals surface area (Å²) in [5, 5.41) is 5.98. The van der Waals surface area contributed by atoms with Crippen molar-refractivity contribution in [2.45, 2.75) is 33.1 Å². The van der Waals surface area contributed by atoms with E-state index in [4.69, 9.17) is 4.74 Å². The summed E-state index contributed by atoms with van der Waals surface area (Å²) in [7, 11) is 0. The largest absolute Gasteiger partial charge is 0.492 e. The van der Waals surface area contributed by atoms with Gasteiger partial charge in [0.25, 0.3) is 0 Å². The number of thiophene rings is 1. The van der Waals surface area contributed by atoms with Crippen LogP contribution in [0.5, 0.6) is 5.75 Å². The van der Waals surface area contributed by atoms with Gasteiger partial charge in [-0.3, -0.25) is 4.79 Å². The standard InChI is InChI=1S/C18H21BrN2O2S/c1-3-14-6-7-16(15(19)11-14)23-9-4-5-18(22)21-20-12-17-13(2)8-10-24-17/h6-8,10-12H,3-5,9H2,1-2H3,(H,21,22)/b20-12+. The van der Waals surface area contributed by atoms with Crippen LogP contribution in [0.25, 0.3) is 0 Å². The van der Waals surface area contributed by atoms with Crippen molar-refractivity contribution in [2.24, 2.45) is 5.10 Å². The second kappa shape index (κ2) is 9.59. The lowest BCUT2D eigenvalue weighted by Gasteiger charge is -2.09. The lowest BCUT2D eigenvalue weighted by molar-refractivity contribution is -0.121. The van der Waals surface area contributed by atoms with Crippen molar-refractivity contribution in [3.8, 4) is 5.75 Å². The molecule has 0 saturated carbocycles. The highest BCUT2D eigenvalue weighted by molar-refractivity contribution is 9.10. The molecule has 0 spiro atoms. The van der Waals surface area contributed by atoms with Gasteiger partial charge in [-0.05, 0) is 70.4 Å². The number of halogens is 1. The molecule has 2 rings (SSSR count). The molecule has 1 aromatic carbocycles. The summed E-state index contributed by atoms with van der Waals surface area (Å²) >= 11 is 5.10. The molecule has 0 bridgehead atoms. The van der Waals surface area contributed by atoms with Gasteiger partial charge in [0.1, 0.15) is 5.75 Å². The van der Waals surface area contributed by atoms with E-state index in [1.54, 1.807) is 17.6 Å². The summed E-state index contributed by atoms with van der Waals surface area (Å²) in [5.41, 5.74) is 4.96. The number of nitrogens with one attached hydrogen (secondary N) is 1. The highest BCUT2D eigenvalue weighted by Gasteiger charge is 2.04. The first-order valence-electron chi connectivity index (χ1n) is 7.87. The van der Waals surface area contributed by atoms with Crippen LogP contribution in [-0.2, 0) is 11.2 Å². The molecule has 0 aliphatic rings. The number of aryl methyl sites for hydroxylation is 2. The fourth-order valence-corrected chi connectivity index (χ4v) is 3.36. The molecule has 6 heteroatoms. The molecule has 1 heterocycles. The Morgan fingerprint density at radius 2 is 2.25 bits per heavy atom. The highest BCUT2D eigenvalue weighted by Crippen LogP contribution is 2.26. The Bertz CT molecular complexity index is 713. The number of carbonyl (C=O) groups is 1. The molecule has 4 nitrogen and oxygen atoms in total. The second-order valence-electron chi connectivity index (χ2n) is 5.33. The van der Waals surface area contributed by atoms with Crippen LogP contribution in [0.1, 0.15) is 35.8 Å². The summed E-state index contributed by atoms with van der Waals surface area (Å²) in [6.45, 7) is 4.62. The zero-order valence-electron chi connectivity index (χ0n) is 13.8. The van der Waals surface area contributed by atoms with Gasteiger partial charge in [-0.25, -0.2) is 5.43 Å². The molecule has 0 aliphatic carbocycles. The number of hydrazone groups is 1. The number of hydrogen-bond donors (Lipinski definition) is 1. The molecule has 0 aliphatic heterocycles. The van der Waals surface area contributed by atoms with Crippen LogP contribution >= 0.6 is 27.3 Å². The Morgan fingerprint density at radius 3 is 2.92 bits per heavy atom. The molecule has 24 heavy (non-hydrogen) atoms. The van der Waals surface area contributed by atoms with Crippen molar-refractivity contribution in [1.82, 2.24) is 5.43 Å². The maximum absolute atomic E-state index is 11.7. The Kier molecular flexibility index (Phi) is 7.46. The molecule has 0 radical (unpaired) electrons. The minimum absolute atomic E-state index is 0.107. The number of amides is 1. The molecule has 0 atom stereocenters. The molecule has 0 unspecified atom stereocenters. The van der Waals surface area contributed by atoms with E-state index in [0.29, 0.717) is 19.4 Å². The van der Waals surface area contributed by atoms with Crippen molar-refractivity contribution < 1.29 is 9.53 Å². The topological polar surface area (TPSA) is 50.7 Å². The van der Waals surface area contributed by atoms with Crippen molar-refractivity contribution >= 4 is 39.4 Å². The normalized spacial score (nSPS) is 11.0. The van der Waals surface area contributed by atoms with Gasteiger partial charge in [0, 0.05) is 11.3 Å². The van der Waals surface area contributed by atoms with Crippen LogP contribution in [0.15, 0.2) is 39.2 Å². The second-order valence-corrected chi connectivity index (χ2v) is 7.13. The third-order valence-electron chi connectivity index (χ3n) is 3.48. The van der Waals surface area contributed by atoms with Gasteiger partial charge in [-0.2, -0.15) is 5.10 Å². The molecule has 1 amide bonds. The highest BCUT2D eigenvalue weighted by atomic mass is 79.9. The molecule has 0 saturated heterocycles. The fourth-order valence-electron chi connectivity index (χ4n) is 2.03. The third-order valence-corrected chi connectivity index (χ3v) is 5.06. The predicted molar refractivity (Wildman–Crippen MR) is 103 cm³/mol. The van der Waals surface area contributed by atoms with Gasteiger partial charge in [-0.1, -0.05) is 13.0 Å². The fraction of sp³-hybridized carbons (Fsp3) is 0.333. The van der Waals surface area contributed by atoms with Gasteiger partial charge in [0.05, 0.1) is 17.3 Å². The van der Waals surface area contributed by atoms with Crippen molar-refractivity contribution in [2.75, 3.05) is 6.61 Å². The summed E-state index contributed by atoms with van der Waals surface area (Å²) in [4.78, 5) is 12.8. The van der Waals surface area contributed by atoms with E-state index in [1.165, 1.54) is 5.56 Å². The van der Waals surface area contributed by atoms with Crippen LogP contribution < -0.4 is 10.2 Å². The lowest BCUT2D eigenvalue weighted by atomic mass is 10.2. The first-order valence-corrected chi connectivity index (χ1v) is 9.54. The van der Waals surface area contributed by atoms with E-state index in [1.807, 2.05) is 30.5 Å². The average molecular weight is 409 g/mol. The Morgan fingerprint density at radius 1 is 1.42 bits per heavy atom. The Balaban J connectivity index is 1.67. The zero-order valence-corrected chi connectivity index (χ0v) is 16.2. The van der Waals surface area contributed by atoms with E-state index in [-0.39, 0.29) is 5.91 Å². The number of carbonyl (C=O) groups excluding carboxylic acids is 1. The smallest absolute Gasteiger partial charge is 0.240 e. The first kappa shape index (κ1) is 18.7. The van der Waals surface area contributed by atoms with E-state index >= 15 is 0 Å². The maximum Gasteiger partial charge on any atom is 0.240 e. The number of nitrogens with zero attached hydrogens (tertiary/aromatic N) is 1. The molecular weight excluding hydrogens is 388 g/mol. The lowest BCUT2D eigenvalue weighted by Crippen LogP contribution is -2.18. The van der Waals surface area contributed by atoms with Crippen LogP contribution in [0.4, 0.5) is 0 Å².